The Morgan fingerprint density at radius 2 is 1.37 bits per heavy atom. The number of aliphatic carboxylic acids is 2. The molecule has 0 aliphatic rings. The summed E-state index contributed by atoms with van der Waals surface area (Å²) in [5.41, 5.74) is 0. The topological polar surface area (TPSA) is 94.8 Å². The van der Waals surface area contributed by atoms with Gasteiger partial charge in [-0.05, 0) is 0 Å². The predicted octanol–water partition coefficient (Wildman–Crippen LogP) is 2.28. The summed E-state index contributed by atoms with van der Waals surface area (Å²) in [4.78, 5) is 20.4. The van der Waals surface area contributed by atoms with Crippen molar-refractivity contribution in [3.63, 3.8) is 0 Å². The molecule has 0 radical (unpaired) electrons. The predicted molar refractivity (Wildman–Crippen MR) is 78.7 cm³/mol. The van der Waals surface area contributed by atoms with Crippen molar-refractivity contribution in [1.82, 2.24) is 0 Å². The maximum atomic E-state index is 11.4. The molecule has 7 heteroatoms. The second-order valence-corrected chi connectivity index (χ2v) is 10.1. The Balaban J connectivity index is 5.53. The summed E-state index contributed by atoms with van der Waals surface area (Å²) in [6, 6.07) is 0. The molecule has 0 aromatic rings. The molecule has 0 saturated carbocycles. The van der Waals surface area contributed by atoms with Gasteiger partial charge in [-0.2, -0.15) is 0 Å². The summed E-state index contributed by atoms with van der Waals surface area (Å²) in [6.07, 6.45) is 0. The van der Waals surface area contributed by atoms with E-state index in [9.17, 15) is 24.9 Å². The van der Waals surface area contributed by atoms with Gasteiger partial charge in [0.1, 0.15) is 0 Å². The van der Waals surface area contributed by atoms with Crippen molar-refractivity contribution >= 4 is 35.5 Å². The van der Waals surface area contributed by atoms with Crippen molar-refractivity contribution in [2.24, 2.45) is 0 Å². The summed E-state index contributed by atoms with van der Waals surface area (Å²) in [5.74, 6) is -2.86. The highest BCUT2D eigenvalue weighted by Crippen LogP contribution is 2.44. The summed E-state index contributed by atoms with van der Waals surface area (Å²) in [7, 11) is 0. The van der Waals surface area contributed by atoms with E-state index in [0.717, 1.165) is 23.5 Å². The highest BCUT2D eigenvalue weighted by atomic mass is 32.2. The first-order valence-electron chi connectivity index (χ1n) is 5.75. The lowest BCUT2D eigenvalue weighted by Crippen LogP contribution is -2.52. The molecule has 0 bridgehead atoms. The van der Waals surface area contributed by atoms with E-state index in [-0.39, 0.29) is 0 Å². The van der Waals surface area contributed by atoms with Crippen LogP contribution in [0.3, 0.4) is 0 Å². The molecule has 0 aliphatic carbocycles. The molecule has 112 valence electrons. The minimum Gasteiger partial charge on any atom is -0.480 e. The molecule has 0 aromatic heterocycles. The zero-order valence-electron chi connectivity index (χ0n) is 12.1. The third-order valence-electron chi connectivity index (χ3n) is 1.82. The van der Waals surface area contributed by atoms with Crippen LogP contribution < -0.4 is 0 Å². The molecule has 3 N–H and O–H groups in total. The van der Waals surface area contributed by atoms with Gasteiger partial charge in [-0.25, -0.2) is 4.79 Å². The number of rotatable bonds is 5. The van der Waals surface area contributed by atoms with Gasteiger partial charge in [0.2, 0.25) is 4.93 Å². The standard InChI is InChI=1S/C12H22O5S2/c1-10(2,3)18-7(8(13)14)12(17,9(15)16)19-11(4,5)6/h7,17H,1-6H3,(H,13,14)(H,15,16). The Labute approximate surface area is 122 Å². The van der Waals surface area contributed by atoms with Crippen LogP contribution in [0.25, 0.3) is 0 Å². The SMILES string of the molecule is CC(C)(C)SC(C(=O)O)C(O)(SC(C)(C)C)C(=O)O. The number of carboxylic acids is 2. The number of thioether (sulfide) groups is 2. The largest absolute Gasteiger partial charge is 0.480 e. The van der Waals surface area contributed by atoms with Crippen LogP contribution in [0.15, 0.2) is 0 Å². The number of carbonyl (C=O) groups is 2. The van der Waals surface area contributed by atoms with Crippen LogP contribution in [0.2, 0.25) is 0 Å². The Bertz CT molecular complexity index is 356. The molecule has 2 atom stereocenters. The second kappa shape index (κ2) is 5.93. The molecule has 0 aromatic carbocycles. The average Bonchev–Trinajstić information content (AvgIpc) is 2.08. The molecule has 0 heterocycles. The second-order valence-electron chi connectivity index (χ2n) is 6.16. The summed E-state index contributed by atoms with van der Waals surface area (Å²) < 4.78 is -1.07. The number of hydrogen-bond donors (Lipinski definition) is 3. The smallest absolute Gasteiger partial charge is 0.348 e. The van der Waals surface area contributed by atoms with Crippen LogP contribution >= 0.6 is 23.5 Å². The first-order chi connectivity index (χ1) is 8.19. The highest BCUT2D eigenvalue weighted by Gasteiger charge is 2.53. The lowest BCUT2D eigenvalue weighted by molar-refractivity contribution is -0.155. The number of hydrogen-bond acceptors (Lipinski definition) is 5. The van der Waals surface area contributed by atoms with E-state index in [2.05, 4.69) is 0 Å². The van der Waals surface area contributed by atoms with Gasteiger partial charge >= 0.3 is 11.9 Å². The Kier molecular flexibility index (Phi) is 5.80. The van der Waals surface area contributed by atoms with Crippen molar-refractivity contribution in [2.75, 3.05) is 0 Å². The third kappa shape index (κ3) is 6.05. The van der Waals surface area contributed by atoms with Gasteiger partial charge in [-0.3, -0.25) is 4.79 Å². The quantitative estimate of drug-likeness (QED) is 0.670. The Morgan fingerprint density at radius 3 is 1.58 bits per heavy atom. The van der Waals surface area contributed by atoms with Gasteiger partial charge in [0.25, 0.3) is 0 Å². The fourth-order valence-electron chi connectivity index (χ4n) is 1.33. The van der Waals surface area contributed by atoms with Crippen LogP contribution in [-0.2, 0) is 9.59 Å². The van der Waals surface area contributed by atoms with E-state index in [1.807, 2.05) is 0 Å². The number of carboxylic acid groups (broad SMARTS) is 2. The molecular formula is C12H22O5S2. The molecule has 0 saturated heterocycles. The van der Waals surface area contributed by atoms with Crippen molar-refractivity contribution in [1.29, 1.82) is 0 Å². The van der Waals surface area contributed by atoms with Gasteiger partial charge in [0.15, 0.2) is 5.25 Å². The minimum absolute atomic E-state index is 0.481. The minimum atomic E-state index is -2.37. The van der Waals surface area contributed by atoms with Crippen LogP contribution in [0.1, 0.15) is 41.5 Å². The zero-order valence-corrected chi connectivity index (χ0v) is 13.7. The molecule has 2 unspecified atom stereocenters. The van der Waals surface area contributed by atoms with Crippen LogP contribution in [0.4, 0.5) is 0 Å². The van der Waals surface area contributed by atoms with E-state index in [4.69, 9.17) is 0 Å². The number of aliphatic hydroxyl groups is 1. The molecule has 0 aliphatic heterocycles. The summed E-state index contributed by atoms with van der Waals surface area (Å²) in [5, 5.41) is 27.5. The fraction of sp³-hybridized carbons (Fsp3) is 0.833. The maximum Gasteiger partial charge on any atom is 0.348 e. The first kappa shape index (κ1) is 18.6. The van der Waals surface area contributed by atoms with Gasteiger partial charge in [-0.1, -0.05) is 41.5 Å². The van der Waals surface area contributed by atoms with E-state index in [1.54, 1.807) is 41.5 Å². The molecule has 19 heavy (non-hydrogen) atoms. The van der Waals surface area contributed by atoms with Crippen LogP contribution in [-0.4, -0.2) is 46.9 Å². The lowest BCUT2D eigenvalue weighted by Gasteiger charge is -2.36. The summed E-state index contributed by atoms with van der Waals surface area (Å²) in [6.45, 7) is 10.5. The fourth-order valence-corrected chi connectivity index (χ4v) is 3.91. The van der Waals surface area contributed by atoms with E-state index < -0.39 is 31.6 Å². The van der Waals surface area contributed by atoms with Crippen molar-refractivity contribution in [3.05, 3.63) is 0 Å². The molecule has 0 rings (SSSR count). The van der Waals surface area contributed by atoms with E-state index in [0.29, 0.717) is 0 Å². The van der Waals surface area contributed by atoms with Crippen molar-refractivity contribution in [2.45, 2.75) is 61.2 Å². The average molecular weight is 310 g/mol. The van der Waals surface area contributed by atoms with Gasteiger partial charge in [0, 0.05) is 9.49 Å². The molecule has 0 amide bonds. The first-order valence-corrected chi connectivity index (χ1v) is 7.45. The highest BCUT2D eigenvalue weighted by molar-refractivity contribution is 8.06. The van der Waals surface area contributed by atoms with E-state index >= 15 is 0 Å². The normalized spacial score (nSPS) is 17.6. The van der Waals surface area contributed by atoms with Crippen LogP contribution in [0.5, 0.6) is 0 Å². The molecule has 0 spiro atoms. The molecule has 5 nitrogen and oxygen atoms in total. The van der Waals surface area contributed by atoms with E-state index in [1.165, 1.54) is 0 Å². The lowest BCUT2D eigenvalue weighted by atomic mass is 10.2. The monoisotopic (exact) mass is 310 g/mol. The van der Waals surface area contributed by atoms with Gasteiger partial charge in [0.05, 0.1) is 0 Å². The van der Waals surface area contributed by atoms with Crippen molar-refractivity contribution in [3.8, 4) is 0 Å². The summed E-state index contributed by atoms with van der Waals surface area (Å²) >= 11 is 1.68. The maximum absolute atomic E-state index is 11.4. The molecular weight excluding hydrogens is 288 g/mol. The van der Waals surface area contributed by atoms with Crippen LogP contribution in [0, 0.1) is 0 Å². The Hall–Kier alpha value is -0.400. The van der Waals surface area contributed by atoms with Crippen molar-refractivity contribution < 1.29 is 24.9 Å². The molecule has 0 fully saturated rings. The third-order valence-corrected chi connectivity index (χ3v) is 4.79. The Morgan fingerprint density at radius 1 is 0.947 bits per heavy atom. The van der Waals surface area contributed by atoms with Gasteiger partial charge < -0.3 is 15.3 Å². The van der Waals surface area contributed by atoms with Gasteiger partial charge in [-0.15, -0.1) is 23.5 Å². The zero-order chi connectivity index (χ0) is 15.6.